The lowest BCUT2D eigenvalue weighted by Crippen LogP contribution is -2.30. The summed E-state index contributed by atoms with van der Waals surface area (Å²) in [6, 6.07) is 10.7. The molecule has 0 aromatic heterocycles. The van der Waals surface area contributed by atoms with Crippen molar-refractivity contribution in [2.75, 3.05) is 12.4 Å². The van der Waals surface area contributed by atoms with Gasteiger partial charge in [0.1, 0.15) is 11.5 Å². The number of hydrogen-bond donors (Lipinski definition) is 1. The Labute approximate surface area is 152 Å². The minimum atomic E-state index is -4.82. The fourth-order valence-electron chi connectivity index (χ4n) is 1.99. The largest absolute Gasteiger partial charge is 0.573 e. The van der Waals surface area contributed by atoms with Crippen molar-refractivity contribution in [3.63, 3.8) is 0 Å². The lowest BCUT2D eigenvalue weighted by atomic mass is 10.2. The van der Waals surface area contributed by atoms with Crippen molar-refractivity contribution in [2.45, 2.75) is 19.4 Å². The maximum atomic E-state index is 12.1. The van der Waals surface area contributed by atoms with Gasteiger partial charge in [-0.3, -0.25) is 4.79 Å². The van der Waals surface area contributed by atoms with Crippen LogP contribution in [-0.2, 0) is 9.53 Å². The molecule has 0 bridgehead atoms. The zero-order chi connectivity index (χ0) is 20.0. The standard InChI is InChI=1S/C18H16F3NO5/c1-11(16(23)22-13-5-9-14(25-2)10-6-13)26-17(24)12-3-7-15(8-4-12)27-18(19,20)21/h3-11H,1-2H3,(H,22,23). The van der Waals surface area contributed by atoms with Gasteiger partial charge in [0, 0.05) is 5.69 Å². The molecule has 0 aliphatic heterocycles. The second-order valence-electron chi connectivity index (χ2n) is 5.34. The normalized spacial score (nSPS) is 12.0. The van der Waals surface area contributed by atoms with Crippen molar-refractivity contribution >= 4 is 17.6 Å². The summed E-state index contributed by atoms with van der Waals surface area (Å²) < 4.78 is 50.1. The number of alkyl halides is 3. The molecule has 0 aliphatic rings. The first kappa shape index (κ1) is 20.1. The van der Waals surface area contributed by atoms with E-state index in [-0.39, 0.29) is 5.56 Å². The zero-order valence-corrected chi connectivity index (χ0v) is 14.4. The van der Waals surface area contributed by atoms with E-state index < -0.39 is 30.1 Å². The Kier molecular flexibility index (Phi) is 6.27. The summed E-state index contributed by atoms with van der Waals surface area (Å²) in [4.78, 5) is 24.1. The topological polar surface area (TPSA) is 73.9 Å². The number of rotatable bonds is 6. The maximum Gasteiger partial charge on any atom is 0.573 e. The lowest BCUT2D eigenvalue weighted by Gasteiger charge is -2.14. The average molecular weight is 383 g/mol. The number of halogens is 3. The number of carbonyl (C=O) groups excluding carboxylic acids is 2. The second-order valence-corrected chi connectivity index (χ2v) is 5.34. The van der Waals surface area contributed by atoms with Crippen LogP contribution in [0.5, 0.6) is 11.5 Å². The monoisotopic (exact) mass is 383 g/mol. The molecule has 0 saturated heterocycles. The molecule has 2 aromatic rings. The molecule has 2 aromatic carbocycles. The summed E-state index contributed by atoms with van der Waals surface area (Å²) in [5.74, 6) is -1.27. The van der Waals surface area contributed by atoms with E-state index in [1.54, 1.807) is 24.3 Å². The second kappa shape index (κ2) is 8.43. The van der Waals surface area contributed by atoms with Crippen molar-refractivity contribution < 1.29 is 37.0 Å². The number of carbonyl (C=O) groups is 2. The van der Waals surface area contributed by atoms with Gasteiger partial charge in [0.2, 0.25) is 0 Å². The van der Waals surface area contributed by atoms with E-state index in [1.807, 2.05) is 0 Å². The number of nitrogens with one attached hydrogen (secondary N) is 1. The molecular formula is C18H16F3NO5. The van der Waals surface area contributed by atoms with Crippen LogP contribution in [0, 0.1) is 0 Å². The first-order valence-corrected chi connectivity index (χ1v) is 7.69. The highest BCUT2D eigenvalue weighted by Crippen LogP contribution is 2.23. The summed E-state index contributed by atoms with van der Waals surface area (Å²) in [7, 11) is 1.51. The third-order valence-corrected chi connectivity index (χ3v) is 3.33. The van der Waals surface area contributed by atoms with Crippen LogP contribution in [0.4, 0.5) is 18.9 Å². The van der Waals surface area contributed by atoms with Crippen LogP contribution in [0.3, 0.4) is 0 Å². The summed E-state index contributed by atoms with van der Waals surface area (Å²) >= 11 is 0. The Morgan fingerprint density at radius 1 is 0.963 bits per heavy atom. The molecule has 1 amide bonds. The predicted octanol–water partition coefficient (Wildman–Crippen LogP) is 3.78. The zero-order valence-electron chi connectivity index (χ0n) is 14.4. The van der Waals surface area contributed by atoms with Gasteiger partial charge in [-0.15, -0.1) is 13.2 Å². The van der Waals surface area contributed by atoms with Gasteiger partial charge in [0.05, 0.1) is 12.7 Å². The molecular weight excluding hydrogens is 367 g/mol. The summed E-state index contributed by atoms with van der Waals surface area (Å²) in [5.41, 5.74) is 0.464. The molecule has 1 atom stereocenters. The van der Waals surface area contributed by atoms with Gasteiger partial charge in [0.15, 0.2) is 6.10 Å². The number of benzene rings is 2. The van der Waals surface area contributed by atoms with Crippen molar-refractivity contribution in [1.82, 2.24) is 0 Å². The average Bonchev–Trinajstić information content (AvgIpc) is 2.61. The Morgan fingerprint density at radius 3 is 2.04 bits per heavy atom. The molecule has 27 heavy (non-hydrogen) atoms. The van der Waals surface area contributed by atoms with Gasteiger partial charge >= 0.3 is 12.3 Å². The number of ether oxygens (including phenoxy) is 3. The molecule has 1 unspecified atom stereocenters. The van der Waals surface area contributed by atoms with Gasteiger partial charge in [-0.2, -0.15) is 0 Å². The van der Waals surface area contributed by atoms with Crippen LogP contribution in [0.25, 0.3) is 0 Å². The Hall–Kier alpha value is -3.23. The van der Waals surface area contributed by atoms with E-state index in [9.17, 15) is 22.8 Å². The van der Waals surface area contributed by atoms with Crippen LogP contribution >= 0.6 is 0 Å². The quantitative estimate of drug-likeness (QED) is 0.769. The van der Waals surface area contributed by atoms with Crippen LogP contribution < -0.4 is 14.8 Å². The van der Waals surface area contributed by atoms with Gasteiger partial charge in [-0.1, -0.05) is 0 Å². The van der Waals surface area contributed by atoms with Crippen molar-refractivity contribution in [3.05, 3.63) is 54.1 Å². The molecule has 6 nitrogen and oxygen atoms in total. The van der Waals surface area contributed by atoms with E-state index in [4.69, 9.17) is 9.47 Å². The van der Waals surface area contributed by atoms with Crippen molar-refractivity contribution in [2.24, 2.45) is 0 Å². The SMILES string of the molecule is COc1ccc(NC(=O)C(C)OC(=O)c2ccc(OC(F)(F)F)cc2)cc1. The number of anilines is 1. The van der Waals surface area contributed by atoms with E-state index in [1.165, 1.54) is 14.0 Å². The fraction of sp³-hybridized carbons (Fsp3) is 0.222. The smallest absolute Gasteiger partial charge is 0.497 e. The van der Waals surface area contributed by atoms with E-state index in [2.05, 4.69) is 10.1 Å². The molecule has 144 valence electrons. The number of methoxy groups -OCH3 is 1. The Balaban J connectivity index is 1.92. The third-order valence-electron chi connectivity index (χ3n) is 3.33. The van der Waals surface area contributed by atoms with Gasteiger partial charge in [-0.25, -0.2) is 4.79 Å². The highest BCUT2D eigenvalue weighted by atomic mass is 19.4. The van der Waals surface area contributed by atoms with Crippen molar-refractivity contribution in [1.29, 1.82) is 0 Å². The Morgan fingerprint density at radius 2 is 1.52 bits per heavy atom. The summed E-state index contributed by atoms with van der Waals surface area (Å²) in [5, 5.41) is 2.57. The number of amides is 1. The van der Waals surface area contributed by atoms with Gasteiger partial charge in [-0.05, 0) is 55.5 Å². The van der Waals surface area contributed by atoms with Gasteiger partial charge < -0.3 is 19.5 Å². The predicted molar refractivity (Wildman–Crippen MR) is 89.6 cm³/mol. The molecule has 0 fully saturated rings. The minimum absolute atomic E-state index is 0.0198. The van der Waals surface area contributed by atoms with Crippen LogP contribution in [0.2, 0.25) is 0 Å². The molecule has 0 radical (unpaired) electrons. The fourth-order valence-corrected chi connectivity index (χ4v) is 1.99. The van der Waals surface area contributed by atoms with Crippen LogP contribution in [-0.4, -0.2) is 31.5 Å². The molecule has 1 N–H and O–H groups in total. The Bertz CT molecular complexity index is 788. The molecule has 0 heterocycles. The van der Waals surface area contributed by atoms with E-state index >= 15 is 0 Å². The molecule has 2 rings (SSSR count). The lowest BCUT2D eigenvalue weighted by molar-refractivity contribution is -0.274. The summed E-state index contributed by atoms with van der Waals surface area (Å²) in [6.45, 7) is 1.37. The number of esters is 1. The molecule has 0 aliphatic carbocycles. The highest BCUT2D eigenvalue weighted by Gasteiger charge is 2.31. The highest BCUT2D eigenvalue weighted by molar-refractivity contribution is 5.97. The minimum Gasteiger partial charge on any atom is -0.497 e. The maximum absolute atomic E-state index is 12.1. The summed E-state index contributed by atoms with van der Waals surface area (Å²) in [6.07, 6.45) is -5.94. The van der Waals surface area contributed by atoms with Crippen molar-refractivity contribution in [3.8, 4) is 11.5 Å². The van der Waals surface area contributed by atoms with Crippen LogP contribution in [0.15, 0.2) is 48.5 Å². The first-order chi connectivity index (χ1) is 12.7. The van der Waals surface area contributed by atoms with Gasteiger partial charge in [0.25, 0.3) is 5.91 Å². The molecule has 9 heteroatoms. The van der Waals surface area contributed by atoms with Crippen LogP contribution in [0.1, 0.15) is 17.3 Å². The first-order valence-electron chi connectivity index (χ1n) is 7.69. The van der Waals surface area contributed by atoms with E-state index in [0.717, 1.165) is 24.3 Å². The molecule has 0 spiro atoms. The molecule has 0 saturated carbocycles. The van der Waals surface area contributed by atoms with E-state index in [0.29, 0.717) is 11.4 Å². The number of hydrogen-bond acceptors (Lipinski definition) is 5. The third kappa shape index (κ3) is 6.21.